The van der Waals surface area contributed by atoms with E-state index in [4.69, 9.17) is 24.3 Å². The number of phosphoric ester groups is 1. The molecule has 1 unspecified atom stereocenters. The zero-order chi connectivity index (χ0) is 41.5. The smallest absolute Gasteiger partial charge is 0.462 e. The average Bonchev–Trinajstić information content (AvgIpc) is 3.17. The van der Waals surface area contributed by atoms with Crippen LogP contribution in [0, 0.1) is 0 Å². The summed E-state index contributed by atoms with van der Waals surface area (Å²) in [5.41, 5.74) is 5.31. The fourth-order valence-electron chi connectivity index (χ4n) is 4.75. The Morgan fingerprint density at radius 2 is 1.27 bits per heavy atom. The van der Waals surface area contributed by atoms with Gasteiger partial charge >= 0.3 is 19.8 Å². The number of ether oxygens (including phenoxy) is 2. The summed E-state index contributed by atoms with van der Waals surface area (Å²) in [4.78, 5) is 34.8. The number of rotatable bonds is 35. The van der Waals surface area contributed by atoms with Crippen molar-refractivity contribution in [2.75, 3.05) is 26.4 Å². The first-order valence-corrected chi connectivity index (χ1v) is 21.5. The summed E-state index contributed by atoms with van der Waals surface area (Å²) in [6.07, 6.45) is 36.7. The molecule has 0 spiro atoms. The third-order valence-electron chi connectivity index (χ3n) is 7.81. The van der Waals surface area contributed by atoms with Crippen LogP contribution in [-0.4, -0.2) is 82.9 Å². The van der Waals surface area contributed by atoms with Gasteiger partial charge in [0.05, 0.1) is 31.5 Å². The van der Waals surface area contributed by atoms with Crippen LogP contribution in [0.1, 0.15) is 110 Å². The van der Waals surface area contributed by atoms with Crippen LogP contribution in [0.3, 0.4) is 0 Å². The Hall–Kier alpha value is -3.19. The summed E-state index contributed by atoms with van der Waals surface area (Å²) in [6.45, 7) is 2.96. The first-order valence-electron chi connectivity index (χ1n) is 20.0. The summed E-state index contributed by atoms with van der Waals surface area (Å²) in [5, 5.41) is 30.4. The van der Waals surface area contributed by atoms with Gasteiger partial charge in [-0.3, -0.25) is 18.6 Å². The van der Waals surface area contributed by atoms with Crippen molar-refractivity contribution in [1.82, 2.24) is 0 Å². The highest BCUT2D eigenvalue weighted by atomic mass is 31.2. The molecule has 0 saturated heterocycles. The van der Waals surface area contributed by atoms with Gasteiger partial charge in [-0.05, 0) is 64.2 Å². The fraction of sp³-hybridized carbons (Fsp3) is 0.581. The third-order valence-corrected chi connectivity index (χ3v) is 8.79. The fourth-order valence-corrected chi connectivity index (χ4v) is 5.52. The van der Waals surface area contributed by atoms with Crippen molar-refractivity contribution in [2.24, 2.45) is 5.73 Å². The largest absolute Gasteiger partial charge is 0.472 e. The Balaban J connectivity index is 4.60. The maximum atomic E-state index is 12.6. The van der Waals surface area contributed by atoms with E-state index in [1.165, 1.54) is 6.08 Å². The van der Waals surface area contributed by atoms with Gasteiger partial charge in [-0.25, -0.2) is 4.57 Å². The number of unbranched alkanes of at least 4 members (excludes halogenated alkanes) is 5. The minimum Gasteiger partial charge on any atom is -0.462 e. The third kappa shape index (κ3) is 35.2. The van der Waals surface area contributed by atoms with Crippen LogP contribution < -0.4 is 5.73 Å². The van der Waals surface area contributed by atoms with E-state index in [0.29, 0.717) is 12.8 Å². The van der Waals surface area contributed by atoms with Crippen LogP contribution in [0.15, 0.2) is 97.2 Å². The summed E-state index contributed by atoms with van der Waals surface area (Å²) in [5.74, 6) is -1.19. The molecule has 0 heterocycles. The molecule has 0 rings (SSSR count). The Morgan fingerprint density at radius 1 is 0.679 bits per heavy atom. The lowest BCUT2D eigenvalue weighted by Crippen LogP contribution is -2.30. The highest BCUT2D eigenvalue weighted by Crippen LogP contribution is 2.43. The number of nitrogens with two attached hydrogens (primary N) is 1. The van der Waals surface area contributed by atoms with Crippen LogP contribution in [0.4, 0.5) is 0 Å². The molecule has 0 fully saturated rings. The topological polar surface area (TPSA) is 195 Å². The van der Waals surface area contributed by atoms with Crippen LogP contribution in [0.2, 0.25) is 0 Å². The molecule has 0 aliphatic heterocycles. The van der Waals surface area contributed by atoms with E-state index in [-0.39, 0.29) is 45.4 Å². The number of carbonyl (C=O) groups is 2. The Bertz CT molecular complexity index is 1290. The van der Waals surface area contributed by atoms with E-state index in [0.717, 1.165) is 57.8 Å². The maximum absolute atomic E-state index is 12.6. The van der Waals surface area contributed by atoms with E-state index in [9.17, 15) is 34.4 Å². The van der Waals surface area contributed by atoms with Gasteiger partial charge in [0.25, 0.3) is 0 Å². The number of carbonyl (C=O) groups excluding carboxylic acids is 2. The monoisotopic (exact) mass is 807 g/mol. The molecular weight excluding hydrogens is 737 g/mol. The first-order chi connectivity index (χ1) is 27.0. The van der Waals surface area contributed by atoms with Gasteiger partial charge in [0.15, 0.2) is 6.10 Å². The Morgan fingerprint density at radius 3 is 1.96 bits per heavy atom. The summed E-state index contributed by atoms with van der Waals surface area (Å²) in [7, 11) is -4.48. The second-order valence-corrected chi connectivity index (χ2v) is 14.4. The summed E-state index contributed by atoms with van der Waals surface area (Å²) >= 11 is 0. The molecule has 5 atom stereocenters. The SMILES string of the molecule is CC/C=C\C/C=C\C/C=C\CCCCCCCC(=O)OC[C@H](COP(=O)(O)OCCN)OC(=O)CCC[C@@H](O)[C@H](O)\C=C/C=C\C=C\C=C\[C@@H](O)C/C=C\CC. The van der Waals surface area contributed by atoms with Crippen molar-refractivity contribution in [1.29, 1.82) is 0 Å². The van der Waals surface area contributed by atoms with Crippen molar-refractivity contribution in [3.05, 3.63) is 97.2 Å². The molecule has 0 saturated carbocycles. The summed E-state index contributed by atoms with van der Waals surface area (Å²) < 4.78 is 32.4. The van der Waals surface area contributed by atoms with Crippen molar-refractivity contribution in [3.63, 3.8) is 0 Å². The van der Waals surface area contributed by atoms with Crippen molar-refractivity contribution in [3.8, 4) is 0 Å². The molecule has 0 radical (unpaired) electrons. The number of allylic oxidation sites excluding steroid dienone is 13. The van der Waals surface area contributed by atoms with E-state index >= 15 is 0 Å². The minimum absolute atomic E-state index is 0.0110. The first kappa shape index (κ1) is 52.8. The molecule has 0 bridgehead atoms. The van der Waals surface area contributed by atoms with Gasteiger partial charge < -0.3 is 35.4 Å². The number of hydrogen-bond donors (Lipinski definition) is 5. The van der Waals surface area contributed by atoms with Crippen LogP contribution in [0.5, 0.6) is 0 Å². The Labute approximate surface area is 335 Å². The summed E-state index contributed by atoms with van der Waals surface area (Å²) in [6, 6.07) is 0. The maximum Gasteiger partial charge on any atom is 0.472 e. The molecular formula is C43H70NO11P. The lowest BCUT2D eigenvalue weighted by molar-refractivity contribution is -0.161. The van der Waals surface area contributed by atoms with Crippen LogP contribution in [0.25, 0.3) is 0 Å². The van der Waals surface area contributed by atoms with Gasteiger partial charge in [-0.1, -0.05) is 130 Å². The molecule has 0 aromatic carbocycles. The van der Waals surface area contributed by atoms with Crippen LogP contribution in [-0.2, 0) is 32.7 Å². The van der Waals surface area contributed by atoms with E-state index in [2.05, 4.69) is 43.4 Å². The highest BCUT2D eigenvalue weighted by molar-refractivity contribution is 7.47. The van der Waals surface area contributed by atoms with Gasteiger partial charge in [0.2, 0.25) is 0 Å². The molecule has 0 aliphatic rings. The molecule has 12 nitrogen and oxygen atoms in total. The number of hydrogen-bond acceptors (Lipinski definition) is 11. The number of aliphatic hydroxyl groups is 3. The van der Waals surface area contributed by atoms with Gasteiger partial charge in [-0.15, -0.1) is 0 Å². The lowest BCUT2D eigenvalue weighted by atomic mass is 10.1. The molecule has 0 amide bonds. The predicted octanol–water partition coefficient (Wildman–Crippen LogP) is 7.96. The predicted molar refractivity (Wildman–Crippen MR) is 223 cm³/mol. The van der Waals surface area contributed by atoms with Crippen LogP contribution >= 0.6 is 7.82 Å². The molecule has 0 aromatic rings. The van der Waals surface area contributed by atoms with Gasteiger partial charge in [0, 0.05) is 19.4 Å². The second kappa shape index (κ2) is 37.4. The standard InChI is InChI=1S/C43H70NO11P/c1-3-5-7-8-9-10-11-12-13-14-15-16-17-22-26-32-42(48)52-36-39(37-54-56(50,51)53-35-34-44)55-43(49)33-27-31-41(47)40(46)30-25-21-19-18-20-24-29-38(45)28-23-6-4-2/h5-7,9-10,12-13,18-21,23-25,29-30,38-41,45-47H,3-4,8,11,14-17,22,26-28,31-37,44H2,1-2H3,(H,50,51)/b7-5-,10-9-,13-12-,20-18+,21-19-,23-6-,29-24+,30-25-/t38-,39+,40+,41+/m0/s1. The highest BCUT2D eigenvalue weighted by Gasteiger charge is 2.26. The lowest BCUT2D eigenvalue weighted by Gasteiger charge is -2.20. The molecule has 0 aromatic heterocycles. The van der Waals surface area contributed by atoms with Crippen molar-refractivity contribution >= 4 is 19.8 Å². The van der Waals surface area contributed by atoms with Crippen molar-refractivity contribution < 1.29 is 52.9 Å². The van der Waals surface area contributed by atoms with Gasteiger partial charge in [-0.2, -0.15) is 0 Å². The second-order valence-electron chi connectivity index (χ2n) is 13.0. The number of esters is 2. The van der Waals surface area contributed by atoms with Gasteiger partial charge in [0.1, 0.15) is 6.61 Å². The molecule has 6 N–H and O–H groups in total. The van der Waals surface area contributed by atoms with E-state index < -0.39 is 50.8 Å². The molecule has 13 heteroatoms. The quantitative estimate of drug-likeness (QED) is 0.0137. The molecule has 0 aliphatic carbocycles. The van der Waals surface area contributed by atoms with E-state index in [1.807, 2.05) is 19.1 Å². The minimum atomic E-state index is -4.48. The van der Waals surface area contributed by atoms with E-state index in [1.54, 1.807) is 42.5 Å². The molecule has 318 valence electrons. The van der Waals surface area contributed by atoms with Crippen molar-refractivity contribution in [2.45, 2.75) is 135 Å². The Kier molecular flexibility index (Phi) is 35.3. The number of phosphoric acid groups is 1. The number of aliphatic hydroxyl groups excluding tert-OH is 3. The average molecular weight is 808 g/mol. The molecule has 56 heavy (non-hydrogen) atoms. The zero-order valence-electron chi connectivity index (χ0n) is 33.7. The zero-order valence-corrected chi connectivity index (χ0v) is 34.5. The normalized spacial score (nSPS) is 16.1.